The summed E-state index contributed by atoms with van der Waals surface area (Å²) in [5.41, 5.74) is 0. The van der Waals surface area contributed by atoms with Gasteiger partial charge in [-0.25, -0.2) is 0 Å². The molecule has 2 fully saturated rings. The molecule has 2 aliphatic rings. The van der Waals surface area contributed by atoms with Gasteiger partial charge in [0, 0.05) is 12.1 Å². The lowest BCUT2D eigenvalue weighted by molar-refractivity contribution is 0.0608. The predicted molar refractivity (Wildman–Crippen MR) is 60.5 cm³/mol. The molecule has 0 bridgehead atoms. The topological polar surface area (TPSA) is 15.3 Å². The third kappa shape index (κ3) is 2.29. The first kappa shape index (κ1) is 10.4. The summed E-state index contributed by atoms with van der Waals surface area (Å²) in [5, 5.41) is 3.56. The number of rotatable bonds is 3. The molecule has 0 unspecified atom stereocenters. The van der Waals surface area contributed by atoms with Crippen LogP contribution in [0.1, 0.15) is 39.5 Å². The first-order chi connectivity index (χ1) is 6.79. The Hall–Kier alpha value is -0.0800. The molecular weight excluding hydrogens is 172 g/mol. The monoisotopic (exact) mass is 196 g/mol. The summed E-state index contributed by atoms with van der Waals surface area (Å²) in [4.78, 5) is 2.72. The molecule has 2 heteroatoms. The van der Waals surface area contributed by atoms with Gasteiger partial charge in [-0.3, -0.25) is 0 Å². The lowest BCUT2D eigenvalue weighted by atomic mass is 9.80. The third-order valence-electron chi connectivity index (χ3n) is 3.89. The Morgan fingerprint density at radius 1 is 1.21 bits per heavy atom. The lowest BCUT2D eigenvalue weighted by Gasteiger charge is -2.45. The first-order valence-electron chi connectivity index (χ1n) is 6.27. The summed E-state index contributed by atoms with van der Waals surface area (Å²) in [7, 11) is 0. The van der Waals surface area contributed by atoms with Gasteiger partial charge in [-0.05, 0) is 51.2 Å². The zero-order valence-electron chi connectivity index (χ0n) is 9.63. The molecule has 82 valence electrons. The summed E-state index contributed by atoms with van der Waals surface area (Å²) in [5.74, 6) is 0.992. The number of hydrogen-bond acceptors (Lipinski definition) is 2. The molecule has 0 aromatic rings. The third-order valence-corrected chi connectivity index (χ3v) is 3.89. The maximum atomic E-state index is 3.56. The van der Waals surface area contributed by atoms with E-state index in [9.17, 15) is 0 Å². The minimum Gasteiger partial charge on any atom is -0.314 e. The fourth-order valence-electron chi connectivity index (χ4n) is 2.92. The van der Waals surface area contributed by atoms with Gasteiger partial charge in [0.2, 0.25) is 0 Å². The zero-order chi connectivity index (χ0) is 9.97. The van der Waals surface area contributed by atoms with Crippen LogP contribution in [-0.4, -0.2) is 36.6 Å². The van der Waals surface area contributed by atoms with Crippen molar-refractivity contribution in [2.75, 3.05) is 19.6 Å². The number of nitrogens with zero attached hydrogens (tertiary/aromatic N) is 1. The number of nitrogens with one attached hydrogen (secondary N) is 1. The van der Waals surface area contributed by atoms with E-state index in [2.05, 4.69) is 24.1 Å². The lowest BCUT2D eigenvalue weighted by Crippen LogP contribution is -2.50. The van der Waals surface area contributed by atoms with E-state index in [1.807, 2.05) is 0 Å². The molecule has 0 radical (unpaired) electrons. The molecule has 1 saturated carbocycles. The molecular formula is C12H24N2. The predicted octanol–water partition coefficient (Wildman–Crippen LogP) is 1.86. The van der Waals surface area contributed by atoms with Gasteiger partial charge >= 0.3 is 0 Å². The molecule has 0 spiro atoms. The van der Waals surface area contributed by atoms with Crippen LogP contribution in [0.2, 0.25) is 0 Å². The highest BCUT2D eigenvalue weighted by Gasteiger charge is 2.32. The second kappa shape index (κ2) is 4.63. The van der Waals surface area contributed by atoms with E-state index in [0.717, 1.165) is 24.5 Å². The van der Waals surface area contributed by atoms with Crippen molar-refractivity contribution < 1.29 is 0 Å². The van der Waals surface area contributed by atoms with Crippen molar-refractivity contribution in [1.82, 2.24) is 10.2 Å². The molecule has 1 aliphatic carbocycles. The zero-order valence-corrected chi connectivity index (χ0v) is 9.63. The van der Waals surface area contributed by atoms with E-state index in [1.165, 1.54) is 38.8 Å². The smallest absolute Gasteiger partial charge is 0.0100 e. The standard InChI is InChI=1S/C12H24N2/c1-3-13-11-4-6-14(7-5-11)12-8-10(2)9-12/h10-13H,3-9H2,1-2H3. The summed E-state index contributed by atoms with van der Waals surface area (Å²) < 4.78 is 0. The normalized spacial score (nSPS) is 35.6. The van der Waals surface area contributed by atoms with Gasteiger partial charge in [-0.15, -0.1) is 0 Å². The largest absolute Gasteiger partial charge is 0.314 e. The highest BCUT2D eigenvalue weighted by Crippen LogP contribution is 2.32. The van der Waals surface area contributed by atoms with Gasteiger partial charge in [0.15, 0.2) is 0 Å². The van der Waals surface area contributed by atoms with Crippen LogP contribution in [-0.2, 0) is 0 Å². The molecule has 0 aromatic heterocycles. The van der Waals surface area contributed by atoms with Crippen LogP contribution < -0.4 is 5.32 Å². The summed E-state index contributed by atoms with van der Waals surface area (Å²) >= 11 is 0. The van der Waals surface area contributed by atoms with E-state index in [4.69, 9.17) is 0 Å². The van der Waals surface area contributed by atoms with E-state index in [0.29, 0.717) is 0 Å². The second-order valence-electron chi connectivity index (χ2n) is 5.10. The van der Waals surface area contributed by atoms with E-state index < -0.39 is 0 Å². The van der Waals surface area contributed by atoms with Crippen LogP contribution in [0.25, 0.3) is 0 Å². The molecule has 0 amide bonds. The Kier molecular flexibility index (Phi) is 3.45. The minimum absolute atomic E-state index is 0.800. The number of hydrogen-bond donors (Lipinski definition) is 1. The quantitative estimate of drug-likeness (QED) is 0.741. The van der Waals surface area contributed by atoms with E-state index in [-0.39, 0.29) is 0 Å². The second-order valence-corrected chi connectivity index (χ2v) is 5.10. The highest BCUT2D eigenvalue weighted by molar-refractivity contribution is 4.88. The average Bonchev–Trinajstić information content (AvgIpc) is 2.15. The molecule has 2 rings (SSSR count). The van der Waals surface area contributed by atoms with Crippen molar-refractivity contribution in [2.45, 2.75) is 51.6 Å². The Labute approximate surface area is 88.1 Å². The Bertz CT molecular complexity index is 167. The molecule has 0 aromatic carbocycles. The fourth-order valence-corrected chi connectivity index (χ4v) is 2.92. The van der Waals surface area contributed by atoms with E-state index in [1.54, 1.807) is 0 Å². The van der Waals surface area contributed by atoms with Crippen LogP contribution in [0.4, 0.5) is 0 Å². The Morgan fingerprint density at radius 3 is 2.36 bits per heavy atom. The SMILES string of the molecule is CCNC1CCN(C2CC(C)C2)CC1. The van der Waals surface area contributed by atoms with Crippen LogP contribution in [0.15, 0.2) is 0 Å². The van der Waals surface area contributed by atoms with Gasteiger partial charge in [0.25, 0.3) is 0 Å². The van der Waals surface area contributed by atoms with Crippen molar-refractivity contribution in [2.24, 2.45) is 5.92 Å². The number of likely N-dealkylation sites (tertiary alicyclic amines) is 1. The van der Waals surface area contributed by atoms with E-state index >= 15 is 0 Å². The van der Waals surface area contributed by atoms with Gasteiger partial charge in [-0.1, -0.05) is 13.8 Å². The Morgan fingerprint density at radius 2 is 1.86 bits per heavy atom. The average molecular weight is 196 g/mol. The Balaban J connectivity index is 1.68. The van der Waals surface area contributed by atoms with Crippen LogP contribution in [0, 0.1) is 5.92 Å². The molecule has 0 atom stereocenters. The van der Waals surface area contributed by atoms with Crippen molar-refractivity contribution in [3.05, 3.63) is 0 Å². The maximum Gasteiger partial charge on any atom is 0.0100 e. The van der Waals surface area contributed by atoms with Crippen molar-refractivity contribution >= 4 is 0 Å². The number of piperidine rings is 1. The summed E-state index contributed by atoms with van der Waals surface area (Å²) in [6.07, 6.45) is 5.62. The minimum atomic E-state index is 0.800. The van der Waals surface area contributed by atoms with Crippen LogP contribution in [0.3, 0.4) is 0 Å². The maximum absolute atomic E-state index is 3.56. The fraction of sp³-hybridized carbons (Fsp3) is 1.00. The van der Waals surface area contributed by atoms with Crippen LogP contribution >= 0.6 is 0 Å². The van der Waals surface area contributed by atoms with Crippen LogP contribution in [0.5, 0.6) is 0 Å². The molecule has 1 saturated heterocycles. The van der Waals surface area contributed by atoms with Crippen molar-refractivity contribution in [3.63, 3.8) is 0 Å². The molecule has 1 heterocycles. The molecule has 14 heavy (non-hydrogen) atoms. The van der Waals surface area contributed by atoms with Gasteiger partial charge in [0.1, 0.15) is 0 Å². The highest BCUT2D eigenvalue weighted by atomic mass is 15.2. The summed E-state index contributed by atoms with van der Waals surface area (Å²) in [6.45, 7) is 8.37. The van der Waals surface area contributed by atoms with Gasteiger partial charge in [-0.2, -0.15) is 0 Å². The van der Waals surface area contributed by atoms with Crippen molar-refractivity contribution in [1.29, 1.82) is 0 Å². The molecule has 2 nitrogen and oxygen atoms in total. The van der Waals surface area contributed by atoms with Gasteiger partial charge in [0.05, 0.1) is 0 Å². The molecule has 1 N–H and O–H groups in total. The van der Waals surface area contributed by atoms with Gasteiger partial charge < -0.3 is 10.2 Å². The summed E-state index contributed by atoms with van der Waals surface area (Å²) in [6, 6.07) is 1.74. The van der Waals surface area contributed by atoms with Crippen molar-refractivity contribution in [3.8, 4) is 0 Å². The first-order valence-corrected chi connectivity index (χ1v) is 6.27. The molecule has 1 aliphatic heterocycles.